The number of carbonyl (C=O) groups is 6. The molecule has 12 nitrogen and oxygen atoms in total. The molecule has 0 amide bonds. The van der Waals surface area contributed by atoms with Gasteiger partial charge in [-0.3, -0.25) is 14.4 Å². The van der Waals surface area contributed by atoms with E-state index in [1.807, 2.05) is 0 Å². The monoisotopic (exact) mass is 406 g/mol. The molecule has 0 saturated heterocycles. The lowest BCUT2D eigenvalue weighted by Gasteiger charge is -2.18. The summed E-state index contributed by atoms with van der Waals surface area (Å²) in [6.07, 6.45) is 2.25. The van der Waals surface area contributed by atoms with Crippen LogP contribution in [0.5, 0.6) is 0 Å². The second-order valence-corrected chi connectivity index (χ2v) is 4.20. The SMILES string of the molecule is C=CC(=O)O.C=CC(=O)O.C=CC(=O)O.CCCC(C(=O)O)(C(=O)O)C(=O)O. The van der Waals surface area contributed by atoms with E-state index in [9.17, 15) is 28.8 Å². The molecule has 0 bridgehead atoms. The first-order chi connectivity index (χ1) is 12.7. The van der Waals surface area contributed by atoms with Gasteiger partial charge in [-0.15, -0.1) is 0 Å². The molecule has 0 aromatic heterocycles. The Morgan fingerprint density at radius 2 is 0.821 bits per heavy atom. The van der Waals surface area contributed by atoms with E-state index in [1.54, 1.807) is 0 Å². The van der Waals surface area contributed by atoms with Crippen molar-refractivity contribution in [3.8, 4) is 0 Å². The quantitative estimate of drug-likeness (QED) is 0.243. The van der Waals surface area contributed by atoms with E-state index >= 15 is 0 Å². The predicted octanol–water partition coefficient (Wildman–Crippen LogP) is 0.798. The fourth-order valence-electron chi connectivity index (χ4n) is 0.970. The van der Waals surface area contributed by atoms with Gasteiger partial charge in [0.05, 0.1) is 0 Å². The van der Waals surface area contributed by atoms with E-state index in [0.717, 1.165) is 18.2 Å². The lowest BCUT2D eigenvalue weighted by atomic mass is 9.83. The first kappa shape index (κ1) is 31.8. The van der Waals surface area contributed by atoms with E-state index in [-0.39, 0.29) is 6.42 Å². The van der Waals surface area contributed by atoms with Crippen LogP contribution in [0.15, 0.2) is 38.0 Å². The fourth-order valence-corrected chi connectivity index (χ4v) is 0.970. The van der Waals surface area contributed by atoms with E-state index in [2.05, 4.69) is 19.7 Å². The maximum absolute atomic E-state index is 10.5. The highest BCUT2D eigenvalue weighted by Gasteiger charge is 2.53. The third-order valence-electron chi connectivity index (χ3n) is 2.24. The zero-order valence-electron chi connectivity index (χ0n) is 14.9. The summed E-state index contributed by atoms with van der Waals surface area (Å²) >= 11 is 0. The van der Waals surface area contributed by atoms with Gasteiger partial charge >= 0.3 is 35.8 Å². The summed E-state index contributed by atoms with van der Waals surface area (Å²) < 4.78 is 0. The molecule has 0 aliphatic carbocycles. The molecular formula is C16H22O12. The van der Waals surface area contributed by atoms with Gasteiger partial charge in [-0.2, -0.15) is 0 Å². The third kappa shape index (κ3) is 16.9. The van der Waals surface area contributed by atoms with Crippen LogP contribution in [0.2, 0.25) is 0 Å². The highest BCUT2D eigenvalue weighted by molar-refractivity contribution is 6.16. The van der Waals surface area contributed by atoms with Gasteiger partial charge < -0.3 is 30.6 Å². The van der Waals surface area contributed by atoms with Crippen molar-refractivity contribution in [1.82, 2.24) is 0 Å². The Bertz CT molecular complexity index is 524. The van der Waals surface area contributed by atoms with Crippen LogP contribution >= 0.6 is 0 Å². The van der Waals surface area contributed by atoms with Crippen molar-refractivity contribution in [2.75, 3.05) is 0 Å². The molecular weight excluding hydrogens is 384 g/mol. The normalized spacial score (nSPS) is 8.46. The minimum Gasteiger partial charge on any atom is -0.480 e. The molecule has 12 heteroatoms. The summed E-state index contributed by atoms with van der Waals surface area (Å²) in [4.78, 5) is 59.3. The van der Waals surface area contributed by atoms with Crippen LogP contribution in [0.4, 0.5) is 0 Å². The minimum absolute atomic E-state index is 0.172. The number of carboxylic acid groups (broad SMARTS) is 6. The van der Waals surface area contributed by atoms with E-state index in [4.69, 9.17) is 30.6 Å². The van der Waals surface area contributed by atoms with Gasteiger partial charge in [-0.05, 0) is 6.42 Å². The molecule has 28 heavy (non-hydrogen) atoms. The van der Waals surface area contributed by atoms with Gasteiger partial charge in [-0.1, -0.05) is 33.1 Å². The van der Waals surface area contributed by atoms with Gasteiger partial charge in [-0.25, -0.2) is 14.4 Å². The number of hydrogen-bond acceptors (Lipinski definition) is 6. The molecule has 0 heterocycles. The van der Waals surface area contributed by atoms with Gasteiger partial charge in [0.2, 0.25) is 0 Å². The third-order valence-corrected chi connectivity index (χ3v) is 2.24. The van der Waals surface area contributed by atoms with Gasteiger partial charge in [0.1, 0.15) is 0 Å². The van der Waals surface area contributed by atoms with Crippen molar-refractivity contribution in [1.29, 1.82) is 0 Å². The van der Waals surface area contributed by atoms with Crippen molar-refractivity contribution in [2.45, 2.75) is 19.8 Å². The summed E-state index contributed by atoms with van der Waals surface area (Å²) in [5, 5.41) is 48.4. The van der Waals surface area contributed by atoms with E-state index in [0.29, 0.717) is 0 Å². The predicted molar refractivity (Wildman–Crippen MR) is 93.7 cm³/mol. The van der Waals surface area contributed by atoms with E-state index in [1.165, 1.54) is 6.92 Å². The van der Waals surface area contributed by atoms with Gasteiger partial charge in [0, 0.05) is 18.2 Å². The van der Waals surface area contributed by atoms with E-state index < -0.39 is 47.7 Å². The molecule has 0 aliphatic rings. The fraction of sp³-hybridized carbons (Fsp3) is 0.250. The average molecular weight is 406 g/mol. The molecule has 0 aromatic rings. The van der Waals surface area contributed by atoms with Crippen LogP contribution in [0, 0.1) is 5.41 Å². The second kappa shape index (κ2) is 17.8. The van der Waals surface area contributed by atoms with Gasteiger partial charge in [0.15, 0.2) is 0 Å². The Morgan fingerprint density at radius 3 is 0.857 bits per heavy atom. The molecule has 6 N–H and O–H groups in total. The number of hydrogen-bond donors (Lipinski definition) is 6. The summed E-state index contributed by atoms with van der Waals surface area (Å²) in [5.74, 6) is -8.46. The summed E-state index contributed by atoms with van der Waals surface area (Å²) in [6, 6.07) is 0. The molecule has 0 radical (unpaired) electrons. The smallest absolute Gasteiger partial charge is 0.332 e. The van der Waals surface area contributed by atoms with Crippen LogP contribution in [-0.2, 0) is 28.8 Å². The average Bonchev–Trinajstić information content (AvgIpc) is 2.59. The van der Waals surface area contributed by atoms with Crippen molar-refractivity contribution in [3.63, 3.8) is 0 Å². The molecule has 0 unspecified atom stereocenters. The maximum Gasteiger partial charge on any atom is 0.332 e. The van der Waals surface area contributed by atoms with Crippen LogP contribution < -0.4 is 0 Å². The van der Waals surface area contributed by atoms with Crippen LogP contribution in [0.1, 0.15) is 19.8 Å². The highest BCUT2D eigenvalue weighted by Crippen LogP contribution is 2.25. The Hall–Kier alpha value is -3.96. The Morgan fingerprint density at radius 1 is 0.643 bits per heavy atom. The molecule has 0 fully saturated rings. The van der Waals surface area contributed by atoms with Crippen molar-refractivity contribution in [2.24, 2.45) is 5.41 Å². The lowest BCUT2D eigenvalue weighted by Crippen LogP contribution is -2.46. The standard InChI is InChI=1S/C7H10O6.3C3H4O2/c1-2-3-7(4(8)9,5(10)11)6(12)13;3*1-2-3(4)5/h2-3H2,1H3,(H,8,9)(H,10,11)(H,12,13);3*2H,1H2,(H,4,5). The molecule has 0 aliphatic heterocycles. The van der Waals surface area contributed by atoms with Crippen molar-refractivity contribution in [3.05, 3.63) is 38.0 Å². The van der Waals surface area contributed by atoms with Crippen LogP contribution in [0.25, 0.3) is 0 Å². The first-order valence-corrected chi connectivity index (χ1v) is 6.97. The molecule has 0 spiro atoms. The second-order valence-electron chi connectivity index (χ2n) is 4.20. The largest absolute Gasteiger partial charge is 0.480 e. The molecule has 0 atom stereocenters. The Labute approximate surface area is 159 Å². The van der Waals surface area contributed by atoms with Crippen molar-refractivity contribution >= 4 is 35.8 Å². The minimum atomic E-state index is -2.70. The zero-order chi connectivity index (χ0) is 23.5. The van der Waals surface area contributed by atoms with Crippen LogP contribution in [-0.4, -0.2) is 66.5 Å². The summed E-state index contributed by atoms with van der Waals surface area (Å²) in [6.45, 7) is 10.4. The summed E-state index contributed by atoms with van der Waals surface area (Å²) in [7, 11) is 0. The zero-order valence-corrected chi connectivity index (χ0v) is 14.9. The maximum atomic E-state index is 10.5. The Kier molecular flexibility index (Phi) is 20.3. The molecule has 0 rings (SSSR count). The Balaban J connectivity index is -0.000000159. The first-order valence-electron chi connectivity index (χ1n) is 6.97. The highest BCUT2D eigenvalue weighted by atomic mass is 16.4. The molecule has 0 aromatic carbocycles. The molecule has 0 saturated carbocycles. The van der Waals surface area contributed by atoms with Crippen molar-refractivity contribution < 1.29 is 59.4 Å². The lowest BCUT2D eigenvalue weighted by molar-refractivity contribution is -0.176. The topological polar surface area (TPSA) is 224 Å². The van der Waals surface area contributed by atoms with Gasteiger partial charge in [0.25, 0.3) is 5.41 Å². The number of carboxylic acids is 6. The van der Waals surface area contributed by atoms with Crippen LogP contribution in [0.3, 0.4) is 0 Å². The number of aliphatic carboxylic acids is 6. The molecule has 158 valence electrons. The number of rotatable bonds is 8. The summed E-state index contributed by atoms with van der Waals surface area (Å²) in [5.41, 5.74) is -2.70.